The second-order valence-electron chi connectivity index (χ2n) is 22.3. The second kappa shape index (κ2) is 20.6. The van der Waals surface area contributed by atoms with Gasteiger partial charge in [-0.05, 0) is 111 Å². The fraction of sp³-hybridized carbons (Fsp3) is 0. The van der Waals surface area contributed by atoms with Gasteiger partial charge in [0.25, 0.3) is 0 Å². The molecule has 0 radical (unpaired) electrons. The van der Waals surface area contributed by atoms with Crippen LogP contribution in [0.25, 0.3) is 161 Å². The van der Waals surface area contributed by atoms with Gasteiger partial charge in [-0.15, -0.1) is 0 Å². The Labute approximate surface area is 502 Å². The van der Waals surface area contributed by atoms with Crippen LogP contribution in [0.1, 0.15) is 0 Å². The van der Waals surface area contributed by atoms with Crippen molar-refractivity contribution in [3.63, 3.8) is 0 Å². The molecule has 0 bridgehead atoms. The van der Waals surface area contributed by atoms with E-state index in [-0.39, 0.29) is 0 Å². The summed E-state index contributed by atoms with van der Waals surface area (Å²) in [6.45, 7) is 0. The summed E-state index contributed by atoms with van der Waals surface area (Å²) in [4.78, 5) is 16.5. The molecule has 406 valence electrons. The third-order valence-corrected chi connectivity index (χ3v) is 17.3. The summed E-state index contributed by atoms with van der Waals surface area (Å²) in [6, 6.07) is 113. The molecule has 6 heteroatoms. The number of nitrogens with zero attached hydrogens (tertiary/aromatic N) is 6. The van der Waals surface area contributed by atoms with Gasteiger partial charge in [-0.1, -0.05) is 249 Å². The smallest absolute Gasteiger partial charge is 0.238 e. The zero-order chi connectivity index (χ0) is 57.4. The first kappa shape index (κ1) is 49.8. The molecule has 0 N–H and O–H groups in total. The molecule has 0 aliphatic rings. The summed E-state index contributed by atoms with van der Waals surface area (Å²) in [5, 5.41) is 7.09. The molecule has 0 unspecified atom stereocenters. The molecule has 4 aromatic heterocycles. The van der Waals surface area contributed by atoms with Crippen LogP contribution in [0.3, 0.4) is 0 Å². The van der Waals surface area contributed by atoms with E-state index in [0.29, 0.717) is 17.6 Å². The Kier molecular flexibility index (Phi) is 11.8. The van der Waals surface area contributed by atoms with Crippen molar-refractivity contribution in [1.82, 2.24) is 28.7 Å². The topological polar surface area (TPSA) is 53.5 Å². The van der Waals surface area contributed by atoms with Crippen molar-refractivity contribution >= 4 is 65.4 Å². The standard InChI is InChI=1S/C81H52N6/c1-3-22-53(23-4-1)55-26-19-27-56(48-55)58-45-47-64(78(52-58)86-73-40-15-9-34-67(73)68-35-10-16-41-74(68)86)60-29-21-31-62(50-60)80-82-79(83-81(84-80)87-75-42-17-11-36-69(75)70-37-12-18-43-76(70)87)61-30-20-28-59(49-61)63-46-44-57(54-24-5-2-6-25-54)51-77(63)85-71-38-13-7-32-65(71)66-33-8-14-39-72(66)85/h1-52H. The molecule has 0 amide bonds. The lowest BCUT2D eigenvalue weighted by molar-refractivity contribution is 0.953. The molecule has 4 heterocycles. The van der Waals surface area contributed by atoms with E-state index in [1.54, 1.807) is 0 Å². The highest BCUT2D eigenvalue weighted by Crippen LogP contribution is 2.43. The van der Waals surface area contributed by atoms with Gasteiger partial charge in [0.05, 0.1) is 44.5 Å². The van der Waals surface area contributed by atoms with Crippen LogP contribution in [0.15, 0.2) is 315 Å². The lowest BCUT2D eigenvalue weighted by Gasteiger charge is -2.17. The number of benzene rings is 13. The maximum absolute atomic E-state index is 5.52. The molecule has 17 aromatic rings. The second-order valence-corrected chi connectivity index (χ2v) is 22.3. The van der Waals surface area contributed by atoms with Gasteiger partial charge in [0.2, 0.25) is 5.95 Å². The van der Waals surface area contributed by atoms with E-state index in [1.807, 2.05) is 0 Å². The van der Waals surface area contributed by atoms with Gasteiger partial charge in [-0.3, -0.25) is 4.57 Å². The van der Waals surface area contributed by atoms with Gasteiger partial charge in [-0.25, -0.2) is 4.98 Å². The van der Waals surface area contributed by atoms with Crippen LogP contribution in [0.5, 0.6) is 0 Å². The van der Waals surface area contributed by atoms with E-state index in [2.05, 4.69) is 329 Å². The Hall–Kier alpha value is -11.7. The first-order chi connectivity index (χ1) is 43.1. The Balaban J connectivity index is 0.862. The number of hydrogen-bond donors (Lipinski definition) is 0. The SMILES string of the molecule is c1ccc(-c2cccc(-c3ccc(-c4cccc(-c5nc(-c6cccc(-c7ccc(-c8ccccc8)cc7-n7c8ccccc8c8ccccc87)c6)nc(-n6c7ccccc7c7ccccc76)n5)c4)c(-n4c5ccccc5c5ccccc54)c3)c2)cc1. The van der Waals surface area contributed by atoms with Crippen LogP contribution >= 0.6 is 0 Å². The Morgan fingerprint density at radius 3 is 0.851 bits per heavy atom. The van der Waals surface area contributed by atoms with Crippen LogP contribution in [0.4, 0.5) is 0 Å². The molecule has 0 spiro atoms. The highest BCUT2D eigenvalue weighted by atomic mass is 15.2. The molecule has 0 saturated carbocycles. The summed E-state index contributed by atoms with van der Waals surface area (Å²) in [5.74, 6) is 1.67. The van der Waals surface area contributed by atoms with Crippen molar-refractivity contribution in [2.45, 2.75) is 0 Å². The van der Waals surface area contributed by atoms with Crippen LogP contribution in [-0.2, 0) is 0 Å². The first-order valence-electron chi connectivity index (χ1n) is 29.6. The van der Waals surface area contributed by atoms with E-state index < -0.39 is 0 Å². The predicted octanol–water partition coefficient (Wildman–Crippen LogP) is 20.8. The third kappa shape index (κ3) is 8.45. The quantitative estimate of drug-likeness (QED) is 0.137. The summed E-state index contributed by atoms with van der Waals surface area (Å²) < 4.78 is 7.06. The highest BCUT2D eigenvalue weighted by molar-refractivity contribution is 6.12. The van der Waals surface area contributed by atoms with Crippen LogP contribution in [-0.4, -0.2) is 28.7 Å². The van der Waals surface area contributed by atoms with E-state index >= 15 is 0 Å². The van der Waals surface area contributed by atoms with Gasteiger partial charge in [0.1, 0.15) is 0 Å². The Morgan fingerprint density at radius 2 is 0.460 bits per heavy atom. The predicted molar refractivity (Wildman–Crippen MR) is 361 cm³/mol. The lowest BCUT2D eigenvalue weighted by Crippen LogP contribution is -2.06. The number of fused-ring (bicyclic) bond motifs is 9. The zero-order valence-electron chi connectivity index (χ0n) is 47.2. The van der Waals surface area contributed by atoms with Crippen LogP contribution in [0, 0.1) is 0 Å². The van der Waals surface area contributed by atoms with E-state index in [9.17, 15) is 0 Å². The maximum atomic E-state index is 5.52. The van der Waals surface area contributed by atoms with Crippen molar-refractivity contribution in [2.24, 2.45) is 0 Å². The van der Waals surface area contributed by atoms with Crippen LogP contribution in [0.2, 0.25) is 0 Å². The number of rotatable bonds is 10. The molecule has 17 rings (SSSR count). The summed E-state index contributed by atoms with van der Waals surface area (Å²) >= 11 is 0. The average Bonchev–Trinajstić information content (AvgIpc) is 2.12. The van der Waals surface area contributed by atoms with Gasteiger partial charge in [0, 0.05) is 54.6 Å². The Bertz CT molecular complexity index is 5370. The summed E-state index contributed by atoms with van der Waals surface area (Å²) in [5.41, 5.74) is 21.7. The van der Waals surface area contributed by atoms with Gasteiger partial charge in [-0.2, -0.15) is 9.97 Å². The molecule has 0 fully saturated rings. The van der Waals surface area contributed by atoms with E-state index in [4.69, 9.17) is 15.0 Å². The molecular formula is C81H52N6. The minimum Gasteiger partial charge on any atom is -0.309 e. The molecule has 0 aliphatic heterocycles. The molecule has 0 atom stereocenters. The zero-order valence-corrected chi connectivity index (χ0v) is 47.2. The number of para-hydroxylation sites is 6. The minimum atomic E-state index is 0.537. The first-order valence-corrected chi connectivity index (χ1v) is 29.6. The molecule has 87 heavy (non-hydrogen) atoms. The van der Waals surface area contributed by atoms with Crippen molar-refractivity contribution in [2.75, 3.05) is 0 Å². The molecule has 0 saturated heterocycles. The highest BCUT2D eigenvalue weighted by Gasteiger charge is 2.23. The molecule has 13 aromatic carbocycles. The molecule has 0 aliphatic carbocycles. The maximum Gasteiger partial charge on any atom is 0.238 e. The fourth-order valence-corrected chi connectivity index (χ4v) is 13.3. The van der Waals surface area contributed by atoms with Gasteiger partial charge in [0.15, 0.2) is 11.6 Å². The average molecular weight is 1110 g/mol. The van der Waals surface area contributed by atoms with Crippen molar-refractivity contribution in [3.05, 3.63) is 315 Å². The van der Waals surface area contributed by atoms with Crippen molar-refractivity contribution < 1.29 is 0 Å². The normalized spacial score (nSPS) is 11.7. The number of hydrogen-bond acceptors (Lipinski definition) is 3. The summed E-state index contributed by atoms with van der Waals surface area (Å²) in [6.07, 6.45) is 0. The molecule has 6 nitrogen and oxygen atoms in total. The monoisotopic (exact) mass is 1110 g/mol. The minimum absolute atomic E-state index is 0.537. The van der Waals surface area contributed by atoms with Crippen molar-refractivity contribution in [3.8, 4) is 95.7 Å². The van der Waals surface area contributed by atoms with Crippen LogP contribution < -0.4 is 0 Å². The number of aromatic nitrogens is 6. The fourth-order valence-electron chi connectivity index (χ4n) is 13.3. The van der Waals surface area contributed by atoms with Crippen molar-refractivity contribution in [1.29, 1.82) is 0 Å². The lowest BCUT2D eigenvalue weighted by atomic mass is 9.95. The third-order valence-electron chi connectivity index (χ3n) is 17.3. The van der Waals surface area contributed by atoms with Gasteiger partial charge < -0.3 is 9.13 Å². The summed E-state index contributed by atoms with van der Waals surface area (Å²) in [7, 11) is 0. The molecular weight excluding hydrogens is 1060 g/mol. The van der Waals surface area contributed by atoms with E-state index in [1.165, 1.54) is 32.7 Å². The van der Waals surface area contributed by atoms with Gasteiger partial charge >= 0.3 is 0 Å². The largest absolute Gasteiger partial charge is 0.309 e. The Morgan fingerprint density at radius 1 is 0.184 bits per heavy atom. The van der Waals surface area contributed by atoms with E-state index in [0.717, 1.165) is 111 Å².